The first-order chi connectivity index (χ1) is 14.0. The van der Waals surface area contributed by atoms with Crippen LogP contribution < -0.4 is 10.9 Å². The van der Waals surface area contributed by atoms with E-state index in [-0.39, 0.29) is 18.0 Å². The third-order valence-electron chi connectivity index (χ3n) is 4.73. The molecule has 0 spiro atoms. The van der Waals surface area contributed by atoms with Gasteiger partial charge >= 0.3 is 0 Å². The molecule has 0 aliphatic heterocycles. The zero-order chi connectivity index (χ0) is 20.4. The molecule has 0 saturated heterocycles. The van der Waals surface area contributed by atoms with E-state index in [2.05, 4.69) is 29.2 Å². The number of nitrogens with one attached hydrogen (secondary N) is 1. The van der Waals surface area contributed by atoms with E-state index in [1.165, 1.54) is 22.7 Å². The lowest BCUT2D eigenvalue weighted by molar-refractivity contribution is -0.116. The summed E-state index contributed by atoms with van der Waals surface area (Å²) in [5, 5.41) is 7.46. The van der Waals surface area contributed by atoms with Crippen LogP contribution in [0.3, 0.4) is 0 Å². The summed E-state index contributed by atoms with van der Waals surface area (Å²) in [6.07, 6.45) is 2.87. The van der Waals surface area contributed by atoms with E-state index in [4.69, 9.17) is 0 Å². The normalized spacial score (nSPS) is 11.1. The molecule has 4 aromatic rings. The zero-order valence-electron chi connectivity index (χ0n) is 16.2. The number of anilines is 1. The number of benzene rings is 2. The van der Waals surface area contributed by atoms with Gasteiger partial charge in [0.15, 0.2) is 5.65 Å². The van der Waals surface area contributed by atoms with E-state index in [9.17, 15) is 9.59 Å². The van der Waals surface area contributed by atoms with Crippen LogP contribution in [0.5, 0.6) is 0 Å². The van der Waals surface area contributed by atoms with Gasteiger partial charge in [-0.1, -0.05) is 44.2 Å². The van der Waals surface area contributed by atoms with Crippen molar-refractivity contribution in [2.75, 3.05) is 5.32 Å². The SMILES string of the molecule is CC(C)c1ccc(NC(=O)Cn2cnc3c(cnn3-c3ccccc3)c2=O)cc1. The molecule has 1 amide bonds. The Morgan fingerprint density at radius 1 is 1.07 bits per heavy atom. The van der Waals surface area contributed by atoms with Crippen molar-refractivity contribution in [1.82, 2.24) is 19.3 Å². The Kier molecular flexibility index (Phi) is 4.95. The summed E-state index contributed by atoms with van der Waals surface area (Å²) in [6.45, 7) is 4.11. The minimum Gasteiger partial charge on any atom is -0.325 e. The van der Waals surface area contributed by atoms with Crippen LogP contribution in [0.4, 0.5) is 5.69 Å². The minimum absolute atomic E-state index is 0.121. The molecule has 7 nitrogen and oxygen atoms in total. The molecule has 4 rings (SSSR count). The Morgan fingerprint density at radius 3 is 2.48 bits per heavy atom. The number of amides is 1. The van der Waals surface area contributed by atoms with Gasteiger partial charge in [-0.3, -0.25) is 14.2 Å². The van der Waals surface area contributed by atoms with E-state index < -0.39 is 0 Å². The average Bonchev–Trinajstić information content (AvgIpc) is 3.16. The van der Waals surface area contributed by atoms with Crippen LogP contribution in [-0.2, 0) is 11.3 Å². The lowest BCUT2D eigenvalue weighted by atomic mass is 10.0. The fraction of sp³-hybridized carbons (Fsp3) is 0.182. The standard InChI is InChI=1S/C22H21N5O2/c1-15(2)16-8-10-17(11-9-16)25-20(28)13-26-14-23-21-19(22(26)29)12-24-27(21)18-6-4-3-5-7-18/h3-12,14-15H,13H2,1-2H3,(H,25,28). The maximum atomic E-state index is 12.8. The number of nitrogens with zero attached hydrogens (tertiary/aromatic N) is 4. The summed E-state index contributed by atoms with van der Waals surface area (Å²) >= 11 is 0. The van der Waals surface area contributed by atoms with Gasteiger partial charge in [0.25, 0.3) is 5.56 Å². The van der Waals surface area contributed by atoms with Crippen LogP contribution in [0.15, 0.2) is 71.9 Å². The van der Waals surface area contributed by atoms with Crippen LogP contribution in [0.1, 0.15) is 25.3 Å². The molecule has 1 N–H and O–H groups in total. The van der Waals surface area contributed by atoms with Crippen LogP contribution >= 0.6 is 0 Å². The number of aromatic nitrogens is 4. The second kappa shape index (κ2) is 7.71. The minimum atomic E-state index is -0.303. The number of hydrogen-bond donors (Lipinski definition) is 1. The third-order valence-corrected chi connectivity index (χ3v) is 4.73. The quantitative estimate of drug-likeness (QED) is 0.569. The van der Waals surface area contributed by atoms with Gasteiger partial charge in [0.2, 0.25) is 5.91 Å². The fourth-order valence-corrected chi connectivity index (χ4v) is 3.13. The Morgan fingerprint density at radius 2 is 1.79 bits per heavy atom. The van der Waals surface area contributed by atoms with Crippen LogP contribution in [-0.4, -0.2) is 25.2 Å². The Balaban J connectivity index is 1.54. The molecular weight excluding hydrogens is 366 g/mol. The largest absolute Gasteiger partial charge is 0.325 e. The predicted molar refractivity (Wildman–Crippen MR) is 112 cm³/mol. The van der Waals surface area contributed by atoms with Crippen LogP contribution in [0.2, 0.25) is 0 Å². The molecule has 0 aliphatic carbocycles. The monoisotopic (exact) mass is 387 g/mol. The van der Waals surface area contributed by atoms with Gasteiger partial charge in [-0.2, -0.15) is 5.10 Å². The summed E-state index contributed by atoms with van der Waals surface area (Å²) in [5.74, 6) is 0.133. The van der Waals surface area contributed by atoms with Gasteiger partial charge in [-0.05, 0) is 35.7 Å². The highest BCUT2D eigenvalue weighted by molar-refractivity contribution is 5.90. The molecule has 0 aliphatic rings. The molecule has 146 valence electrons. The van der Waals surface area contributed by atoms with Crippen molar-refractivity contribution in [3.05, 3.63) is 83.0 Å². The Hall–Kier alpha value is -3.74. The molecule has 0 radical (unpaired) electrons. The average molecular weight is 387 g/mol. The van der Waals surface area contributed by atoms with Crippen molar-refractivity contribution >= 4 is 22.6 Å². The predicted octanol–water partition coefficient (Wildman–Crippen LogP) is 3.34. The summed E-state index contributed by atoms with van der Waals surface area (Å²) < 4.78 is 2.90. The molecule has 0 atom stereocenters. The van der Waals surface area contributed by atoms with Gasteiger partial charge in [0.1, 0.15) is 18.3 Å². The second-order valence-electron chi connectivity index (χ2n) is 7.13. The highest BCUT2D eigenvalue weighted by Gasteiger charge is 2.13. The van der Waals surface area contributed by atoms with Gasteiger partial charge < -0.3 is 5.32 Å². The molecule has 2 aromatic carbocycles. The van der Waals surface area contributed by atoms with E-state index in [1.54, 1.807) is 4.68 Å². The van der Waals surface area contributed by atoms with E-state index in [0.717, 1.165) is 5.69 Å². The van der Waals surface area contributed by atoms with Gasteiger partial charge in [-0.15, -0.1) is 0 Å². The van der Waals surface area contributed by atoms with Crippen molar-refractivity contribution < 1.29 is 4.79 Å². The first-order valence-corrected chi connectivity index (χ1v) is 9.41. The van der Waals surface area contributed by atoms with E-state index in [0.29, 0.717) is 22.6 Å². The van der Waals surface area contributed by atoms with Crippen LogP contribution in [0.25, 0.3) is 16.7 Å². The van der Waals surface area contributed by atoms with Gasteiger partial charge in [-0.25, -0.2) is 9.67 Å². The highest BCUT2D eigenvalue weighted by Crippen LogP contribution is 2.17. The molecule has 0 fully saturated rings. The number of carbonyl (C=O) groups excluding carboxylic acids is 1. The molecule has 2 heterocycles. The number of rotatable bonds is 5. The Labute approximate surface area is 167 Å². The van der Waals surface area contributed by atoms with E-state index >= 15 is 0 Å². The first kappa shape index (κ1) is 18.6. The zero-order valence-corrected chi connectivity index (χ0v) is 16.2. The topological polar surface area (TPSA) is 81.8 Å². The summed E-state index contributed by atoms with van der Waals surface area (Å²) in [6, 6.07) is 17.2. The smallest absolute Gasteiger partial charge is 0.264 e. The lowest BCUT2D eigenvalue weighted by Gasteiger charge is -2.09. The van der Waals surface area contributed by atoms with Crippen molar-refractivity contribution in [2.24, 2.45) is 0 Å². The third kappa shape index (κ3) is 3.80. The van der Waals surface area contributed by atoms with E-state index in [1.807, 2.05) is 54.6 Å². The molecule has 7 heteroatoms. The van der Waals surface area contributed by atoms with Gasteiger partial charge in [0, 0.05) is 5.69 Å². The number of carbonyl (C=O) groups is 1. The summed E-state index contributed by atoms with van der Waals surface area (Å²) in [7, 11) is 0. The maximum Gasteiger partial charge on any atom is 0.264 e. The fourth-order valence-electron chi connectivity index (χ4n) is 3.13. The lowest BCUT2D eigenvalue weighted by Crippen LogP contribution is -2.27. The second-order valence-corrected chi connectivity index (χ2v) is 7.13. The highest BCUT2D eigenvalue weighted by atomic mass is 16.2. The van der Waals surface area contributed by atoms with Crippen molar-refractivity contribution in [3.8, 4) is 5.69 Å². The van der Waals surface area contributed by atoms with Gasteiger partial charge in [0.05, 0.1) is 11.9 Å². The number of hydrogen-bond acceptors (Lipinski definition) is 4. The molecular formula is C22H21N5O2. The van der Waals surface area contributed by atoms with Crippen molar-refractivity contribution in [1.29, 1.82) is 0 Å². The summed E-state index contributed by atoms with van der Waals surface area (Å²) in [5.41, 5.74) is 2.86. The molecule has 0 unspecified atom stereocenters. The van der Waals surface area contributed by atoms with Crippen molar-refractivity contribution in [3.63, 3.8) is 0 Å². The maximum absolute atomic E-state index is 12.8. The first-order valence-electron chi connectivity index (χ1n) is 9.41. The summed E-state index contributed by atoms with van der Waals surface area (Å²) in [4.78, 5) is 29.5. The molecule has 0 saturated carbocycles. The molecule has 29 heavy (non-hydrogen) atoms. The number of fused-ring (bicyclic) bond motifs is 1. The Bertz CT molecular complexity index is 1210. The molecule has 2 aromatic heterocycles. The van der Waals surface area contributed by atoms with Crippen LogP contribution in [0, 0.1) is 0 Å². The number of para-hydroxylation sites is 1. The molecule has 0 bridgehead atoms. The van der Waals surface area contributed by atoms with Crippen molar-refractivity contribution in [2.45, 2.75) is 26.3 Å².